The SMILES string of the molecule is COc1ccc(C#Cc2nc(-c3ccc(F)cc3)n3ccccc23)cc1. The van der Waals surface area contributed by atoms with Crippen molar-refractivity contribution in [3.8, 4) is 29.0 Å². The Morgan fingerprint density at radius 2 is 1.69 bits per heavy atom. The number of hydrogen-bond donors (Lipinski definition) is 0. The van der Waals surface area contributed by atoms with Gasteiger partial charge in [0.1, 0.15) is 23.1 Å². The number of aromatic nitrogens is 2. The third-order valence-corrected chi connectivity index (χ3v) is 4.07. The summed E-state index contributed by atoms with van der Waals surface area (Å²) in [6.07, 6.45) is 1.93. The molecule has 4 aromatic rings. The summed E-state index contributed by atoms with van der Waals surface area (Å²) in [5.74, 6) is 7.54. The van der Waals surface area contributed by atoms with Gasteiger partial charge in [0.15, 0.2) is 0 Å². The maximum atomic E-state index is 13.2. The number of pyridine rings is 1. The summed E-state index contributed by atoms with van der Waals surface area (Å²) in [4.78, 5) is 4.68. The zero-order valence-corrected chi connectivity index (χ0v) is 14.1. The summed E-state index contributed by atoms with van der Waals surface area (Å²) in [6.45, 7) is 0. The van der Waals surface area contributed by atoms with Crippen LogP contribution in [0.4, 0.5) is 4.39 Å². The predicted octanol–water partition coefficient (Wildman–Crippen LogP) is 4.55. The van der Waals surface area contributed by atoms with Crippen LogP contribution in [0, 0.1) is 17.7 Å². The maximum Gasteiger partial charge on any atom is 0.146 e. The summed E-state index contributed by atoms with van der Waals surface area (Å²) < 4.78 is 20.3. The molecule has 126 valence electrons. The molecule has 0 aliphatic rings. The van der Waals surface area contributed by atoms with E-state index in [9.17, 15) is 4.39 Å². The first-order valence-corrected chi connectivity index (χ1v) is 8.14. The van der Waals surface area contributed by atoms with E-state index in [1.165, 1.54) is 12.1 Å². The van der Waals surface area contributed by atoms with Crippen LogP contribution in [0.3, 0.4) is 0 Å². The van der Waals surface area contributed by atoms with Crippen molar-refractivity contribution < 1.29 is 9.13 Å². The average Bonchev–Trinajstić information content (AvgIpc) is 3.06. The van der Waals surface area contributed by atoms with E-state index in [1.54, 1.807) is 19.2 Å². The van der Waals surface area contributed by atoms with E-state index in [0.717, 1.165) is 28.2 Å². The topological polar surface area (TPSA) is 26.5 Å². The minimum Gasteiger partial charge on any atom is -0.497 e. The summed E-state index contributed by atoms with van der Waals surface area (Å²) in [5, 5.41) is 0. The quantitative estimate of drug-likeness (QED) is 0.500. The Bertz CT molecular complexity index is 1120. The molecule has 0 aliphatic carbocycles. The van der Waals surface area contributed by atoms with Crippen molar-refractivity contribution in [2.45, 2.75) is 0 Å². The highest BCUT2D eigenvalue weighted by molar-refractivity contribution is 5.69. The van der Waals surface area contributed by atoms with E-state index in [-0.39, 0.29) is 5.82 Å². The largest absolute Gasteiger partial charge is 0.497 e. The third-order valence-electron chi connectivity index (χ3n) is 4.07. The fourth-order valence-electron chi connectivity index (χ4n) is 2.74. The second-order valence-corrected chi connectivity index (χ2v) is 5.73. The summed E-state index contributed by atoms with van der Waals surface area (Å²) >= 11 is 0. The lowest BCUT2D eigenvalue weighted by Crippen LogP contribution is -1.88. The number of methoxy groups -OCH3 is 1. The van der Waals surface area contributed by atoms with Gasteiger partial charge < -0.3 is 4.74 Å². The molecule has 3 nitrogen and oxygen atoms in total. The number of benzene rings is 2. The summed E-state index contributed by atoms with van der Waals surface area (Å²) in [6, 6.07) is 19.7. The molecule has 2 aromatic carbocycles. The molecule has 0 radical (unpaired) electrons. The third kappa shape index (κ3) is 3.03. The number of ether oxygens (including phenoxy) is 1. The van der Waals surface area contributed by atoms with Crippen LogP contribution in [0.1, 0.15) is 11.3 Å². The van der Waals surface area contributed by atoms with Gasteiger partial charge in [-0.15, -0.1) is 0 Å². The fourth-order valence-corrected chi connectivity index (χ4v) is 2.74. The predicted molar refractivity (Wildman–Crippen MR) is 99.6 cm³/mol. The Kier molecular flexibility index (Phi) is 4.12. The van der Waals surface area contributed by atoms with Gasteiger partial charge in [-0.1, -0.05) is 12.0 Å². The Morgan fingerprint density at radius 1 is 0.923 bits per heavy atom. The van der Waals surface area contributed by atoms with Crippen molar-refractivity contribution in [2.24, 2.45) is 0 Å². The van der Waals surface area contributed by atoms with Crippen molar-refractivity contribution >= 4 is 5.52 Å². The first kappa shape index (κ1) is 15.9. The van der Waals surface area contributed by atoms with E-state index in [1.807, 2.05) is 53.1 Å². The van der Waals surface area contributed by atoms with Gasteiger partial charge in [-0.2, -0.15) is 0 Å². The van der Waals surface area contributed by atoms with E-state index in [2.05, 4.69) is 16.8 Å². The van der Waals surface area contributed by atoms with Crippen LogP contribution in [-0.2, 0) is 0 Å². The van der Waals surface area contributed by atoms with E-state index < -0.39 is 0 Å². The zero-order valence-electron chi connectivity index (χ0n) is 14.1. The number of imidazole rings is 1. The lowest BCUT2D eigenvalue weighted by atomic mass is 10.2. The molecule has 0 aliphatic heterocycles. The van der Waals surface area contributed by atoms with Gasteiger partial charge in [-0.3, -0.25) is 4.40 Å². The highest BCUT2D eigenvalue weighted by Gasteiger charge is 2.10. The first-order chi connectivity index (χ1) is 12.7. The number of hydrogen-bond acceptors (Lipinski definition) is 2. The molecule has 0 unspecified atom stereocenters. The molecule has 0 saturated carbocycles. The average molecular weight is 342 g/mol. The maximum absolute atomic E-state index is 13.2. The molecule has 0 saturated heterocycles. The highest BCUT2D eigenvalue weighted by Crippen LogP contribution is 2.22. The van der Waals surface area contributed by atoms with Crippen LogP contribution < -0.4 is 4.74 Å². The van der Waals surface area contributed by atoms with Gasteiger partial charge in [0, 0.05) is 17.3 Å². The lowest BCUT2D eigenvalue weighted by Gasteiger charge is -2.00. The molecule has 4 rings (SSSR count). The minimum absolute atomic E-state index is 0.269. The van der Waals surface area contributed by atoms with Crippen LogP contribution in [0.2, 0.25) is 0 Å². The van der Waals surface area contributed by atoms with E-state index >= 15 is 0 Å². The number of rotatable bonds is 2. The second-order valence-electron chi connectivity index (χ2n) is 5.73. The Morgan fingerprint density at radius 3 is 2.42 bits per heavy atom. The summed E-state index contributed by atoms with van der Waals surface area (Å²) in [5.41, 5.74) is 3.31. The zero-order chi connectivity index (χ0) is 17.9. The molecule has 0 spiro atoms. The van der Waals surface area contributed by atoms with Gasteiger partial charge >= 0.3 is 0 Å². The molecule has 2 aromatic heterocycles. The Labute approximate surface area is 150 Å². The van der Waals surface area contributed by atoms with Crippen molar-refractivity contribution in [3.63, 3.8) is 0 Å². The van der Waals surface area contributed by atoms with Gasteiger partial charge in [-0.25, -0.2) is 9.37 Å². The Balaban J connectivity index is 1.79. The standard InChI is InChI=1S/C22H15FN2O/c1-26-19-12-5-16(6-13-19)7-14-20-21-4-2-3-15-25(21)22(24-20)17-8-10-18(23)11-9-17/h2-6,8-13,15H,1H3. The Hall–Kier alpha value is -3.58. The van der Waals surface area contributed by atoms with E-state index in [0.29, 0.717) is 5.69 Å². The number of halogens is 1. The van der Waals surface area contributed by atoms with Crippen molar-refractivity contribution in [1.29, 1.82) is 0 Å². The van der Waals surface area contributed by atoms with E-state index in [4.69, 9.17) is 4.74 Å². The fraction of sp³-hybridized carbons (Fsp3) is 0.0455. The minimum atomic E-state index is -0.269. The number of fused-ring (bicyclic) bond motifs is 1. The van der Waals surface area contributed by atoms with Crippen molar-refractivity contribution in [2.75, 3.05) is 7.11 Å². The lowest BCUT2D eigenvalue weighted by molar-refractivity contribution is 0.415. The smallest absolute Gasteiger partial charge is 0.146 e. The molecular formula is C22H15FN2O. The molecule has 4 heteroatoms. The van der Waals surface area contributed by atoms with Gasteiger partial charge in [0.2, 0.25) is 0 Å². The van der Waals surface area contributed by atoms with Crippen LogP contribution in [0.15, 0.2) is 72.9 Å². The van der Waals surface area contributed by atoms with Crippen molar-refractivity contribution in [1.82, 2.24) is 9.38 Å². The highest BCUT2D eigenvalue weighted by atomic mass is 19.1. The molecule has 0 atom stereocenters. The first-order valence-electron chi connectivity index (χ1n) is 8.14. The normalized spacial score (nSPS) is 10.4. The van der Waals surface area contributed by atoms with Gasteiger partial charge in [0.25, 0.3) is 0 Å². The monoisotopic (exact) mass is 342 g/mol. The van der Waals surface area contributed by atoms with Crippen LogP contribution in [0.5, 0.6) is 5.75 Å². The van der Waals surface area contributed by atoms with Gasteiger partial charge in [0.05, 0.1) is 12.6 Å². The molecule has 0 N–H and O–H groups in total. The van der Waals surface area contributed by atoms with Crippen LogP contribution >= 0.6 is 0 Å². The molecule has 26 heavy (non-hydrogen) atoms. The van der Waals surface area contributed by atoms with Gasteiger partial charge in [-0.05, 0) is 66.6 Å². The second kappa shape index (κ2) is 6.73. The molecular weight excluding hydrogens is 327 g/mol. The number of nitrogens with zero attached hydrogens (tertiary/aromatic N) is 2. The molecule has 0 fully saturated rings. The summed E-state index contributed by atoms with van der Waals surface area (Å²) in [7, 11) is 1.63. The van der Waals surface area contributed by atoms with Crippen LogP contribution in [-0.4, -0.2) is 16.5 Å². The molecule has 0 bridgehead atoms. The molecule has 0 amide bonds. The van der Waals surface area contributed by atoms with Crippen LogP contribution in [0.25, 0.3) is 16.9 Å². The van der Waals surface area contributed by atoms with Crippen molar-refractivity contribution in [3.05, 3.63) is 90.0 Å². The molecule has 2 heterocycles.